The van der Waals surface area contributed by atoms with Gasteiger partial charge in [0, 0.05) is 17.3 Å². The standard InChI is InChI=1S/C21H23N3O6S/c1-4-15-13(3)31-19(18(15)21(27)28-5-2)23-17(25)12-29-20(26)16-8-7-14(30-16)11-24-10-6-9-22-24/h6-10H,4-5,11-12H2,1-3H3,(H,23,25). The van der Waals surface area contributed by atoms with Crippen LogP contribution >= 0.6 is 11.3 Å². The van der Waals surface area contributed by atoms with Crippen molar-refractivity contribution in [2.75, 3.05) is 18.5 Å². The number of aryl methyl sites for hydroxylation is 1. The van der Waals surface area contributed by atoms with Crippen molar-refractivity contribution >= 4 is 34.2 Å². The number of aromatic nitrogens is 2. The third-order valence-electron chi connectivity index (χ3n) is 4.37. The second-order valence-electron chi connectivity index (χ2n) is 6.51. The van der Waals surface area contributed by atoms with E-state index in [1.54, 1.807) is 36.1 Å². The number of ether oxygens (including phenoxy) is 2. The van der Waals surface area contributed by atoms with Crippen LogP contribution in [0.3, 0.4) is 0 Å². The van der Waals surface area contributed by atoms with Gasteiger partial charge in [0.25, 0.3) is 5.91 Å². The molecule has 1 amide bonds. The van der Waals surface area contributed by atoms with Crippen LogP contribution in [-0.2, 0) is 27.2 Å². The third-order valence-corrected chi connectivity index (χ3v) is 5.43. The summed E-state index contributed by atoms with van der Waals surface area (Å²) in [5.41, 5.74) is 1.18. The van der Waals surface area contributed by atoms with E-state index < -0.39 is 24.5 Å². The Labute approximate surface area is 182 Å². The van der Waals surface area contributed by atoms with Gasteiger partial charge >= 0.3 is 11.9 Å². The monoisotopic (exact) mass is 445 g/mol. The number of hydrogen-bond donors (Lipinski definition) is 1. The number of carbonyl (C=O) groups is 3. The first-order valence-electron chi connectivity index (χ1n) is 9.75. The van der Waals surface area contributed by atoms with Gasteiger partial charge in [-0.25, -0.2) is 9.59 Å². The molecule has 0 unspecified atom stereocenters. The molecule has 1 N–H and O–H groups in total. The zero-order chi connectivity index (χ0) is 22.4. The van der Waals surface area contributed by atoms with Crippen LogP contribution in [0.5, 0.6) is 0 Å². The van der Waals surface area contributed by atoms with Crippen LogP contribution in [0.25, 0.3) is 0 Å². The molecule has 164 valence electrons. The molecule has 0 aliphatic rings. The minimum Gasteiger partial charge on any atom is -0.462 e. The summed E-state index contributed by atoms with van der Waals surface area (Å²) in [7, 11) is 0. The lowest BCUT2D eigenvalue weighted by molar-refractivity contribution is -0.119. The summed E-state index contributed by atoms with van der Waals surface area (Å²) in [6, 6.07) is 4.90. The highest BCUT2D eigenvalue weighted by Crippen LogP contribution is 2.34. The van der Waals surface area contributed by atoms with Crippen LogP contribution in [0.1, 0.15) is 51.0 Å². The van der Waals surface area contributed by atoms with Gasteiger partial charge in [0.2, 0.25) is 5.76 Å². The lowest BCUT2D eigenvalue weighted by Crippen LogP contribution is -2.21. The summed E-state index contributed by atoms with van der Waals surface area (Å²) < 4.78 is 17.3. The van der Waals surface area contributed by atoms with E-state index in [2.05, 4.69) is 10.4 Å². The first-order valence-corrected chi connectivity index (χ1v) is 10.6. The molecule has 0 aliphatic carbocycles. The summed E-state index contributed by atoms with van der Waals surface area (Å²) in [5, 5.41) is 7.09. The number of amides is 1. The maximum Gasteiger partial charge on any atom is 0.374 e. The molecule has 0 saturated carbocycles. The van der Waals surface area contributed by atoms with Gasteiger partial charge in [-0.05, 0) is 44.0 Å². The van der Waals surface area contributed by atoms with Gasteiger partial charge in [0.05, 0.1) is 18.7 Å². The van der Waals surface area contributed by atoms with Gasteiger partial charge in [0.1, 0.15) is 10.8 Å². The quantitative estimate of drug-likeness (QED) is 0.502. The number of rotatable bonds is 9. The van der Waals surface area contributed by atoms with E-state index in [1.807, 2.05) is 13.8 Å². The van der Waals surface area contributed by atoms with Gasteiger partial charge in [-0.2, -0.15) is 5.10 Å². The molecular weight excluding hydrogens is 422 g/mol. The second-order valence-corrected chi connectivity index (χ2v) is 7.73. The summed E-state index contributed by atoms with van der Waals surface area (Å²) in [4.78, 5) is 37.8. The number of hydrogen-bond acceptors (Lipinski definition) is 8. The summed E-state index contributed by atoms with van der Waals surface area (Å²) in [6.45, 7) is 5.60. The van der Waals surface area contributed by atoms with Crippen LogP contribution in [0, 0.1) is 6.92 Å². The topological polar surface area (TPSA) is 113 Å². The summed E-state index contributed by atoms with van der Waals surface area (Å²) in [6.07, 6.45) is 4.04. The van der Waals surface area contributed by atoms with Crippen LogP contribution < -0.4 is 5.32 Å². The van der Waals surface area contributed by atoms with Crippen molar-refractivity contribution in [3.05, 3.63) is 58.1 Å². The maximum absolute atomic E-state index is 12.3. The molecule has 31 heavy (non-hydrogen) atoms. The van der Waals surface area contributed by atoms with E-state index in [9.17, 15) is 14.4 Å². The molecular formula is C21H23N3O6S. The molecule has 0 atom stereocenters. The van der Waals surface area contributed by atoms with Gasteiger partial charge in [-0.3, -0.25) is 9.48 Å². The highest BCUT2D eigenvalue weighted by molar-refractivity contribution is 7.16. The van der Waals surface area contributed by atoms with Gasteiger partial charge in [-0.1, -0.05) is 6.92 Å². The van der Waals surface area contributed by atoms with Gasteiger partial charge in [-0.15, -0.1) is 11.3 Å². The Morgan fingerprint density at radius 2 is 2.00 bits per heavy atom. The molecule has 0 bridgehead atoms. The number of furan rings is 1. The number of anilines is 1. The Kier molecular flexibility index (Phi) is 7.24. The highest BCUT2D eigenvalue weighted by Gasteiger charge is 2.24. The molecule has 10 heteroatoms. The summed E-state index contributed by atoms with van der Waals surface area (Å²) >= 11 is 1.28. The van der Waals surface area contributed by atoms with E-state index in [0.29, 0.717) is 29.3 Å². The molecule has 3 heterocycles. The SMILES string of the molecule is CCOC(=O)c1c(NC(=O)COC(=O)c2ccc(Cn3cccn3)o2)sc(C)c1CC. The first kappa shape index (κ1) is 22.3. The normalized spacial score (nSPS) is 10.7. The Bertz CT molecular complexity index is 1070. The van der Waals surface area contributed by atoms with Crippen molar-refractivity contribution < 1.29 is 28.3 Å². The zero-order valence-electron chi connectivity index (χ0n) is 17.5. The molecule has 3 aromatic rings. The Morgan fingerprint density at radius 1 is 1.19 bits per heavy atom. The molecule has 0 aliphatic heterocycles. The van der Waals surface area contributed by atoms with Crippen molar-refractivity contribution in [1.29, 1.82) is 0 Å². The van der Waals surface area contributed by atoms with Crippen molar-refractivity contribution in [2.45, 2.75) is 33.7 Å². The predicted octanol–water partition coefficient (Wildman–Crippen LogP) is 3.43. The minimum atomic E-state index is -0.760. The fourth-order valence-corrected chi connectivity index (χ4v) is 4.15. The number of thiophene rings is 1. The predicted molar refractivity (Wildman–Crippen MR) is 113 cm³/mol. The van der Waals surface area contributed by atoms with Gasteiger partial charge in [0.15, 0.2) is 6.61 Å². The van der Waals surface area contributed by atoms with Crippen LogP contribution in [-0.4, -0.2) is 40.8 Å². The lowest BCUT2D eigenvalue weighted by atomic mass is 10.1. The van der Waals surface area contributed by atoms with Crippen LogP contribution in [0.15, 0.2) is 35.0 Å². The highest BCUT2D eigenvalue weighted by atomic mass is 32.1. The molecule has 3 aromatic heterocycles. The van der Waals surface area contributed by atoms with E-state index in [-0.39, 0.29) is 12.4 Å². The number of nitrogens with zero attached hydrogens (tertiary/aromatic N) is 2. The number of nitrogens with one attached hydrogen (secondary N) is 1. The molecule has 0 aromatic carbocycles. The van der Waals surface area contributed by atoms with E-state index in [0.717, 1.165) is 10.4 Å². The maximum atomic E-state index is 12.3. The summed E-state index contributed by atoms with van der Waals surface area (Å²) in [5.74, 6) is -1.30. The van der Waals surface area contributed by atoms with Crippen molar-refractivity contribution in [3.63, 3.8) is 0 Å². The van der Waals surface area contributed by atoms with E-state index in [1.165, 1.54) is 17.4 Å². The second kappa shape index (κ2) is 10.1. The average Bonchev–Trinajstić information content (AvgIpc) is 3.47. The number of carbonyl (C=O) groups excluding carboxylic acids is 3. The Morgan fingerprint density at radius 3 is 2.68 bits per heavy atom. The number of esters is 2. The van der Waals surface area contributed by atoms with Crippen LogP contribution in [0.2, 0.25) is 0 Å². The molecule has 0 spiro atoms. The largest absolute Gasteiger partial charge is 0.462 e. The average molecular weight is 445 g/mol. The van der Waals surface area contributed by atoms with E-state index >= 15 is 0 Å². The van der Waals surface area contributed by atoms with Crippen molar-refractivity contribution in [1.82, 2.24) is 9.78 Å². The molecule has 0 fully saturated rings. The third kappa shape index (κ3) is 5.40. The molecule has 9 nitrogen and oxygen atoms in total. The zero-order valence-corrected chi connectivity index (χ0v) is 18.3. The molecule has 0 radical (unpaired) electrons. The first-order chi connectivity index (χ1) is 14.9. The molecule has 0 saturated heterocycles. The van der Waals surface area contributed by atoms with Crippen molar-refractivity contribution in [2.24, 2.45) is 0 Å². The smallest absolute Gasteiger partial charge is 0.374 e. The van der Waals surface area contributed by atoms with E-state index in [4.69, 9.17) is 13.9 Å². The molecule has 3 rings (SSSR count). The fourth-order valence-electron chi connectivity index (χ4n) is 3.00. The van der Waals surface area contributed by atoms with Crippen LogP contribution in [0.4, 0.5) is 5.00 Å². The Balaban J connectivity index is 1.60. The van der Waals surface area contributed by atoms with Gasteiger partial charge < -0.3 is 19.2 Å². The Hall–Kier alpha value is -3.40. The lowest BCUT2D eigenvalue weighted by Gasteiger charge is -2.08. The van der Waals surface area contributed by atoms with Crippen molar-refractivity contribution in [3.8, 4) is 0 Å². The minimum absolute atomic E-state index is 0.0117. The fraction of sp³-hybridized carbons (Fsp3) is 0.333.